The second-order valence-corrected chi connectivity index (χ2v) is 12.0. The van der Waals surface area contributed by atoms with E-state index in [9.17, 15) is 5.11 Å². The Kier molecular flexibility index (Phi) is 9.12. The molecule has 0 aromatic heterocycles. The molecule has 0 spiro atoms. The molecule has 234 valence electrons. The van der Waals surface area contributed by atoms with E-state index >= 15 is 0 Å². The maximum atomic E-state index is 14.3. The summed E-state index contributed by atoms with van der Waals surface area (Å²) in [5, 5.41) is 20.6. The number of benzene rings is 6. The van der Waals surface area contributed by atoms with Gasteiger partial charge in [-0.1, -0.05) is 170 Å². The molecule has 7 rings (SSSR count). The molecule has 48 heavy (non-hydrogen) atoms. The van der Waals surface area contributed by atoms with Gasteiger partial charge < -0.3 is 5.11 Å². The van der Waals surface area contributed by atoms with Gasteiger partial charge >= 0.3 is 0 Å². The van der Waals surface area contributed by atoms with E-state index in [4.69, 9.17) is 10.2 Å². The first kappa shape index (κ1) is 30.7. The molecule has 5 nitrogen and oxygen atoms in total. The van der Waals surface area contributed by atoms with Crippen LogP contribution in [0.4, 0.5) is 0 Å². The third-order valence-corrected chi connectivity index (χ3v) is 8.91. The summed E-state index contributed by atoms with van der Waals surface area (Å²) >= 11 is 0. The lowest BCUT2D eigenvalue weighted by molar-refractivity contribution is -0.926. The van der Waals surface area contributed by atoms with Crippen LogP contribution in [0.15, 0.2) is 198 Å². The number of nitrogens with zero attached hydrogens (tertiary/aromatic N) is 3. The van der Waals surface area contributed by atoms with Crippen LogP contribution >= 0.6 is 0 Å². The van der Waals surface area contributed by atoms with Gasteiger partial charge in [0.25, 0.3) is 5.70 Å². The minimum absolute atomic E-state index is 0.270. The summed E-state index contributed by atoms with van der Waals surface area (Å²) in [4.78, 5) is 5.30. The lowest BCUT2D eigenvalue weighted by Gasteiger charge is -2.38. The van der Waals surface area contributed by atoms with Crippen molar-refractivity contribution in [2.45, 2.75) is 24.5 Å². The van der Waals surface area contributed by atoms with Crippen LogP contribution in [0.2, 0.25) is 0 Å². The summed E-state index contributed by atoms with van der Waals surface area (Å²) in [7, 11) is 0. The molecule has 0 amide bonds. The largest absolute Gasteiger partial charge is 0.858 e. The highest BCUT2D eigenvalue weighted by molar-refractivity contribution is 5.91. The van der Waals surface area contributed by atoms with Crippen molar-refractivity contribution in [3.05, 3.63) is 222 Å². The highest BCUT2D eigenvalue weighted by atomic mass is 16.3. The Balaban J connectivity index is 1.49. The molecule has 1 unspecified atom stereocenters. The Bertz CT molecular complexity index is 1970. The first-order chi connectivity index (χ1) is 23.7. The van der Waals surface area contributed by atoms with Crippen molar-refractivity contribution in [2.75, 3.05) is 0 Å². The SMILES string of the molecule is [O-]C(=NC(c1ccccc1)(c1ccccc1)[C@H](Cc1ccccc1)[NH+]1C=C(c2ccccc2)[N+](Cc2ccccc2)=N1)c1ccccc1. The monoisotopic (exact) mass is 625 g/mol. The fourth-order valence-electron chi connectivity index (χ4n) is 6.61. The van der Waals surface area contributed by atoms with Crippen LogP contribution in [0.1, 0.15) is 33.4 Å². The first-order valence-electron chi connectivity index (χ1n) is 16.3. The molecule has 0 bridgehead atoms. The normalized spacial score (nSPS) is 15.4. The predicted octanol–water partition coefficient (Wildman–Crippen LogP) is 6.83. The van der Waals surface area contributed by atoms with Crippen LogP contribution in [0.5, 0.6) is 0 Å². The summed E-state index contributed by atoms with van der Waals surface area (Å²) in [6.45, 7) is 0.604. The van der Waals surface area contributed by atoms with Crippen molar-refractivity contribution in [2.24, 2.45) is 10.2 Å². The molecule has 5 heteroatoms. The summed E-state index contributed by atoms with van der Waals surface area (Å²) in [6.07, 6.45) is 2.81. The number of aliphatic imine (C=N–C) groups is 1. The minimum Gasteiger partial charge on any atom is -0.858 e. The molecular weight excluding hydrogens is 589 g/mol. The van der Waals surface area contributed by atoms with Crippen LogP contribution in [-0.4, -0.2) is 16.6 Å². The maximum Gasteiger partial charge on any atom is 0.299 e. The maximum absolute atomic E-state index is 14.3. The lowest BCUT2D eigenvalue weighted by atomic mass is 9.74. The average Bonchev–Trinajstić information content (AvgIpc) is 3.58. The standard InChI is InChI=1S/C43H36N4O/c48-42(37-25-13-4-14-26-37)44-43(38-27-15-5-16-28-38,39-29-17-6-18-30-39)41(31-34-19-7-1-8-20-34)47-33-40(36-23-11-3-12-24-36)46(45-47)32-35-21-9-2-10-22-35/h1-30,33,41H,31-32H2/p+1/t41-/m0/s1. The van der Waals surface area contributed by atoms with Crippen molar-refractivity contribution in [1.29, 1.82) is 0 Å². The van der Waals surface area contributed by atoms with Crippen molar-refractivity contribution in [3.8, 4) is 0 Å². The molecule has 1 aliphatic rings. The molecule has 0 fully saturated rings. The fourth-order valence-corrected chi connectivity index (χ4v) is 6.61. The number of hydrogen-bond acceptors (Lipinski definition) is 3. The summed E-state index contributed by atoms with van der Waals surface area (Å²) in [5.74, 6) is -0.270. The van der Waals surface area contributed by atoms with E-state index in [-0.39, 0.29) is 11.9 Å². The van der Waals surface area contributed by atoms with Gasteiger partial charge in [0, 0.05) is 12.0 Å². The quantitative estimate of drug-likeness (QED) is 0.0959. The van der Waals surface area contributed by atoms with Gasteiger partial charge in [0.2, 0.25) is 12.7 Å². The van der Waals surface area contributed by atoms with Gasteiger partial charge in [-0.2, -0.15) is 0 Å². The van der Waals surface area contributed by atoms with E-state index in [1.165, 1.54) is 0 Å². The number of nitrogens with one attached hydrogen (secondary N) is 1. The Morgan fingerprint density at radius 1 is 0.604 bits per heavy atom. The molecule has 2 atom stereocenters. The molecule has 1 heterocycles. The Morgan fingerprint density at radius 3 is 1.60 bits per heavy atom. The van der Waals surface area contributed by atoms with Gasteiger partial charge in [-0.15, -0.1) is 5.01 Å². The molecule has 0 radical (unpaired) electrons. The van der Waals surface area contributed by atoms with Crippen LogP contribution in [-0.2, 0) is 18.5 Å². The summed E-state index contributed by atoms with van der Waals surface area (Å²) < 4.78 is 2.09. The second kappa shape index (κ2) is 14.2. The lowest BCUT2D eigenvalue weighted by Crippen LogP contribution is -3.09. The number of quaternary nitrogens is 1. The summed E-state index contributed by atoms with van der Waals surface area (Å²) in [5.41, 5.74) is 5.69. The Morgan fingerprint density at radius 2 is 1.06 bits per heavy atom. The minimum atomic E-state index is -1.11. The third-order valence-electron chi connectivity index (χ3n) is 8.91. The Hall–Kier alpha value is -5.91. The third kappa shape index (κ3) is 6.50. The van der Waals surface area contributed by atoms with Crippen LogP contribution in [0.25, 0.3) is 5.70 Å². The Labute approximate surface area is 282 Å². The van der Waals surface area contributed by atoms with Gasteiger partial charge in [0.1, 0.15) is 0 Å². The van der Waals surface area contributed by atoms with Crippen molar-refractivity contribution < 1.29 is 14.8 Å². The van der Waals surface area contributed by atoms with E-state index < -0.39 is 5.54 Å². The molecular formula is C43H37N4O+. The van der Waals surface area contributed by atoms with E-state index in [1.807, 2.05) is 84.9 Å². The topological polar surface area (TPSA) is 55.2 Å². The zero-order valence-electron chi connectivity index (χ0n) is 26.6. The van der Waals surface area contributed by atoms with Crippen LogP contribution in [0, 0.1) is 0 Å². The zero-order valence-corrected chi connectivity index (χ0v) is 26.6. The zero-order chi connectivity index (χ0) is 32.6. The van der Waals surface area contributed by atoms with Crippen LogP contribution in [0.3, 0.4) is 0 Å². The number of hydrogen-bond donors (Lipinski definition) is 1. The van der Waals surface area contributed by atoms with E-state index in [1.54, 1.807) is 0 Å². The van der Waals surface area contributed by atoms with Gasteiger partial charge in [0.05, 0.1) is 5.56 Å². The van der Waals surface area contributed by atoms with Crippen molar-refractivity contribution in [3.63, 3.8) is 0 Å². The van der Waals surface area contributed by atoms with Gasteiger partial charge in [-0.3, -0.25) is 4.99 Å². The highest BCUT2D eigenvalue weighted by Crippen LogP contribution is 2.39. The van der Waals surface area contributed by atoms with Crippen LogP contribution < -0.4 is 10.1 Å². The second-order valence-electron chi connectivity index (χ2n) is 12.0. The molecule has 1 aliphatic heterocycles. The molecule has 0 saturated carbocycles. The molecule has 6 aromatic rings. The predicted molar refractivity (Wildman–Crippen MR) is 189 cm³/mol. The molecule has 6 aromatic carbocycles. The fraction of sp³-hybridized carbons (Fsp3) is 0.0930. The summed E-state index contributed by atoms with van der Waals surface area (Å²) in [6, 6.07) is 60.7. The van der Waals surface area contributed by atoms with Gasteiger partial charge in [0.15, 0.2) is 16.8 Å². The van der Waals surface area contributed by atoms with Gasteiger partial charge in [-0.25, -0.2) is 0 Å². The van der Waals surface area contributed by atoms with Gasteiger partial charge in [-0.05, 0) is 45.0 Å². The van der Waals surface area contributed by atoms with E-state index in [2.05, 4.69) is 108 Å². The van der Waals surface area contributed by atoms with Crippen molar-refractivity contribution in [1.82, 2.24) is 0 Å². The highest BCUT2D eigenvalue weighted by Gasteiger charge is 2.52. The molecule has 1 N–H and O–H groups in total. The number of rotatable bonds is 11. The molecule has 0 saturated heterocycles. The average molecular weight is 626 g/mol. The van der Waals surface area contributed by atoms with E-state index in [0.29, 0.717) is 18.5 Å². The smallest absolute Gasteiger partial charge is 0.299 e. The van der Waals surface area contributed by atoms with E-state index in [0.717, 1.165) is 38.5 Å². The van der Waals surface area contributed by atoms with Crippen molar-refractivity contribution >= 4 is 11.6 Å². The first-order valence-corrected chi connectivity index (χ1v) is 16.3. The molecule has 0 aliphatic carbocycles.